The van der Waals surface area contributed by atoms with Crippen molar-refractivity contribution in [2.45, 2.75) is 38.3 Å². The molecule has 0 radical (unpaired) electrons. The number of allylic oxidation sites excluding steroid dienone is 4. The van der Waals surface area contributed by atoms with Crippen molar-refractivity contribution in [1.29, 1.82) is 0 Å². The van der Waals surface area contributed by atoms with Gasteiger partial charge in [-0.05, 0) is 49.8 Å². The van der Waals surface area contributed by atoms with E-state index in [1.807, 2.05) is 31.2 Å². The molecule has 1 aliphatic carbocycles. The number of rotatable bonds is 3. The summed E-state index contributed by atoms with van der Waals surface area (Å²) in [6, 6.07) is 9.30. The van der Waals surface area contributed by atoms with E-state index >= 15 is 0 Å². The molecule has 1 atom stereocenters. The minimum Gasteiger partial charge on any atom is -0.440 e. The lowest BCUT2D eigenvalue weighted by Crippen LogP contribution is -2.30. The molecule has 4 rings (SSSR count). The van der Waals surface area contributed by atoms with Crippen molar-refractivity contribution >= 4 is 28.6 Å². The Morgan fingerprint density at radius 3 is 2.56 bits per heavy atom. The third-order valence-corrected chi connectivity index (χ3v) is 5.57. The number of alkyl halides is 3. The van der Waals surface area contributed by atoms with Crippen molar-refractivity contribution in [2.24, 2.45) is 0 Å². The van der Waals surface area contributed by atoms with Gasteiger partial charge in [0.25, 0.3) is 5.91 Å². The maximum absolute atomic E-state index is 12.9. The van der Waals surface area contributed by atoms with Crippen molar-refractivity contribution in [1.82, 2.24) is 15.3 Å². The number of halogens is 4. The summed E-state index contributed by atoms with van der Waals surface area (Å²) in [5.41, 5.74) is 0.260. The Labute approximate surface area is 187 Å². The molecule has 2 heterocycles. The smallest absolute Gasteiger partial charge is 0.433 e. The number of para-hydroxylation sites is 2. The number of benzene rings is 1. The van der Waals surface area contributed by atoms with E-state index in [9.17, 15) is 18.0 Å². The molecule has 0 aliphatic heterocycles. The number of carbonyl (C=O) groups is 1. The lowest BCUT2D eigenvalue weighted by atomic mass is 9.82. The molecule has 0 bridgehead atoms. The Morgan fingerprint density at radius 1 is 1.12 bits per heavy atom. The summed E-state index contributed by atoms with van der Waals surface area (Å²) in [7, 11) is 0. The fraction of sp³-hybridized carbons (Fsp3) is 0.261. The molecule has 1 N–H and O–H groups in total. The summed E-state index contributed by atoms with van der Waals surface area (Å²) < 4.78 is 44.6. The van der Waals surface area contributed by atoms with E-state index < -0.39 is 23.2 Å². The molecule has 0 saturated heterocycles. The van der Waals surface area contributed by atoms with Crippen molar-refractivity contribution in [2.75, 3.05) is 0 Å². The summed E-state index contributed by atoms with van der Waals surface area (Å²) >= 11 is 6.38. The van der Waals surface area contributed by atoms with E-state index in [1.54, 1.807) is 12.2 Å². The van der Waals surface area contributed by atoms with Crippen LogP contribution in [0.25, 0.3) is 11.1 Å². The van der Waals surface area contributed by atoms with Gasteiger partial charge in [-0.2, -0.15) is 13.2 Å². The molecular formula is C23H19ClF3N3O2. The third kappa shape index (κ3) is 4.41. The average molecular weight is 462 g/mol. The van der Waals surface area contributed by atoms with Gasteiger partial charge < -0.3 is 9.73 Å². The lowest BCUT2D eigenvalue weighted by molar-refractivity contribution is -0.141. The van der Waals surface area contributed by atoms with Gasteiger partial charge in [0.05, 0.1) is 16.7 Å². The van der Waals surface area contributed by atoms with Gasteiger partial charge in [-0.3, -0.25) is 4.79 Å². The summed E-state index contributed by atoms with van der Waals surface area (Å²) in [5, 5.41) is 3.34. The molecular weight excluding hydrogens is 443 g/mol. The van der Waals surface area contributed by atoms with Gasteiger partial charge in [-0.15, -0.1) is 0 Å². The van der Waals surface area contributed by atoms with Gasteiger partial charge >= 0.3 is 6.18 Å². The monoisotopic (exact) mass is 461 g/mol. The lowest BCUT2D eigenvalue weighted by Gasteiger charge is -2.26. The van der Waals surface area contributed by atoms with Gasteiger partial charge in [-0.1, -0.05) is 30.7 Å². The number of hydrogen-bond acceptors (Lipinski definition) is 4. The second kappa shape index (κ2) is 8.09. The van der Waals surface area contributed by atoms with Crippen LogP contribution < -0.4 is 5.32 Å². The van der Waals surface area contributed by atoms with E-state index in [4.69, 9.17) is 16.0 Å². The van der Waals surface area contributed by atoms with Crippen LogP contribution in [0.15, 0.2) is 63.7 Å². The van der Waals surface area contributed by atoms with Gasteiger partial charge in [0, 0.05) is 17.2 Å². The number of amides is 1. The normalized spacial score (nSPS) is 19.3. The zero-order valence-electron chi connectivity index (χ0n) is 17.3. The number of aromatic nitrogens is 2. The molecule has 1 aliphatic rings. The number of pyridine rings is 1. The summed E-state index contributed by atoms with van der Waals surface area (Å²) in [4.78, 5) is 20.9. The fourth-order valence-corrected chi connectivity index (χ4v) is 4.06. The molecule has 1 aromatic carbocycles. The molecule has 0 fully saturated rings. The van der Waals surface area contributed by atoms with Crippen LogP contribution in [-0.4, -0.2) is 15.9 Å². The molecule has 0 spiro atoms. The SMILES string of the molecule is Cc1nc(C(F)(F)F)ccc1C(=O)NC1=CC=C(Cl)CC(C)(c2nc3ccccc3o2)C1. The van der Waals surface area contributed by atoms with E-state index in [1.165, 1.54) is 6.92 Å². The first-order valence-corrected chi connectivity index (χ1v) is 10.2. The molecule has 3 aromatic rings. The van der Waals surface area contributed by atoms with Gasteiger partial charge in [0.1, 0.15) is 11.2 Å². The largest absolute Gasteiger partial charge is 0.440 e. The molecule has 0 saturated carbocycles. The molecule has 2 aromatic heterocycles. The Morgan fingerprint density at radius 2 is 1.88 bits per heavy atom. The molecule has 5 nitrogen and oxygen atoms in total. The summed E-state index contributed by atoms with van der Waals surface area (Å²) in [6.45, 7) is 3.30. The number of oxazole rings is 1. The quantitative estimate of drug-likeness (QED) is 0.516. The minimum atomic E-state index is -4.58. The second-order valence-electron chi connectivity index (χ2n) is 7.99. The zero-order valence-corrected chi connectivity index (χ0v) is 18.0. The van der Waals surface area contributed by atoms with Crippen LogP contribution in [0.1, 0.15) is 47.4 Å². The predicted molar refractivity (Wildman–Crippen MR) is 114 cm³/mol. The van der Waals surface area contributed by atoms with E-state index in [-0.39, 0.29) is 11.3 Å². The standard InChI is InChI=1S/C23H19ClF3N3O2/c1-13-16(9-10-19(28-13)23(25,26)27)20(31)29-15-8-7-14(24)11-22(2,12-15)21-30-17-5-3-4-6-18(17)32-21/h3-10H,11-12H2,1-2H3,(H,29,31). The molecule has 1 amide bonds. The molecule has 1 unspecified atom stereocenters. The van der Waals surface area contributed by atoms with E-state index in [0.29, 0.717) is 40.6 Å². The number of fused-ring (bicyclic) bond motifs is 1. The Hall–Kier alpha value is -3.13. The van der Waals surface area contributed by atoms with Crippen LogP contribution >= 0.6 is 11.6 Å². The predicted octanol–water partition coefficient (Wildman–Crippen LogP) is 6.04. The topological polar surface area (TPSA) is 68.0 Å². The number of nitrogens with zero attached hydrogens (tertiary/aromatic N) is 2. The first-order valence-electron chi connectivity index (χ1n) is 9.83. The van der Waals surface area contributed by atoms with Crippen molar-refractivity contribution in [3.05, 3.63) is 82.1 Å². The van der Waals surface area contributed by atoms with Crippen LogP contribution in [0.2, 0.25) is 0 Å². The van der Waals surface area contributed by atoms with Crippen LogP contribution in [-0.2, 0) is 11.6 Å². The van der Waals surface area contributed by atoms with Gasteiger partial charge in [0.2, 0.25) is 5.89 Å². The van der Waals surface area contributed by atoms with Crippen LogP contribution in [0.3, 0.4) is 0 Å². The highest BCUT2D eigenvalue weighted by Gasteiger charge is 2.36. The van der Waals surface area contributed by atoms with Gasteiger partial charge in [0.15, 0.2) is 5.58 Å². The number of nitrogens with one attached hydrogen (secondary N) is 1. The zero-order chi connectivity index (χ0) is 23.1. The Kier molecular flexibility index (Phi) is 5.58. The molecule has 9 heteroatoms. The second-order valence-corrected chi connectivity index (χ2v) is 8.47. The molecule has 32 heavy (non-hydrogen) atoms. The van der Waals surface area contributed by atoms with Crippen LogP contribution in [0, 0.1) is 6.92 Å². The van der Waals surface area contributed by atoms with Crippen molar-refractivity contribution in [3.63, 3.8) is 0 Å². The highest BCUT2D eigenvalue weighted by molar-refractivity contribution is 6.29. The maximum atomic E-state index is 12.9. The summed E-state index contributed by atoms with van der Waals surface area (Å²) in [6.07, 6.45) is -0.417. The number of hydrogen-bond donors (Lipinski definition) is 1. The molecule has 166 valence electrons. The third-order valence-electron chi connectivity index (χ3n) is 5.31. The first-order chi connectivity index (χ1) is 15.0. The number of aryl methyl sites for hydroxylation is 1. The minimum absolute atomic E-state index is 0.0122. The van der Waals surface area contributed by atoms with E-state index in [2.05, 4.69) is 15.3 Å². The van der Waals surface area contributed by atoms with Crippen LogP contribution in [0.5, 0.6) is 0 Å². The van der Waals surface area contributed by atoms with E-state index in [0.717, 1.165) is 12.1 Å². The average Bonchev–Trinajstić information content (AvgIpc) is 3.10. The maximum Gasteiger partial charge on any atom is 0.433 e. The fourth-order valence-electron chi connectivity index (χ4n) is 3.70. The first kappa shape index (κ1) is 22.1. The highest BCUT2D eigenvalue weighted by Crippen LogP contribution is 2.40. The Balaban J connectivity index is 1.60. The summed E-state index contributed by atoms with van der Waals surface area (Å²) in [5.74, 6) is -0.0685. The number of carbonyl (C=O) groups excluding carboxylic acids is 1. The van der Waals surface area contributed by atoms with Crippen molar-refractivity contribution < 1.29 is 22.4 Å². The van der Waals surface area contributed by atoms with Gasteiger partial charge in [-0.25, -0.2) is 9.97 Å². The van der Waals surface area contributed by atoms with Crippen molar-refractivity contribution in [3.8, 4) is 0 Å². The van der Waals surface area contributed by atoms with Crippen LogP contribution in [0.4, 0.5) is 13.2 Å². The highest BCUT2D eigenvalue weighted by atomic mass is 35.5. The Bertz CT molecular complexity index is 1230.